The van der Waals surface area contributed by atoms with Gasteiger partial charge >= 0.3 is 0 Å². The van der Waals surface area contributed by atoms with Crippen molar-refractivity contribution < 1.29 is 4.79 Å². The number of benzene rings is 2. The van der Waals surface area contributed by atoms with E-state index in [0.29, 0.717) is 23.2 Å². The van der Waals surface area contributed by atoms with Gasteiger partial charge in [-0.15, -0.1) is 11.7 Å². The first-order valence-corrected chi connectivity index (χ1v) is 9.43. The fraction of sp³-hybridized carbons (Fsp3) is 0.150. The molecule has 4 nitrogen and oxygen atoms in total. The van der Waals surface area contributed by atoms with E-state index in [2.05, 4.69) is 16.8 Å². The fourth-order valence-corrected chi connectivity index (χ4v) is 3.89. The second kappa shape index (κ2) is 8.83. The second-order valence-corrected chi connectivity index (χ2v) is 7.26. The van der Waals surface area contributed by atoms with Gasteiger partial charge in [-0.1, -0.05) is 78.0 Å². The van der Waals surface area contributed by atoms with E-state index in [1.54, 1.807) is 23.3 Å². The molecule has 2 aromatic rings. The molecule has 0 bridgehead atoms. The number of hydrogen-bond donors (Lipinski definition) is 0. The number of halogens is 1. The summed E-state index contributed by atoms with van der Waals surface area (Å²) in [5.74, 6) is 0.0328. The molecule has 1 amide bonds. The van der Waals surface area contributed by atoms with E-state index >= 15 is 0 Å². The third-order valence-corrected chi connectivity index (χ3v) is 5.35. The molecule has 0 aromatic heterocycles. The van der Waals surface area contributed by atoms with E-state index in [4.69, 9.17) is 11.6 Å². The summed E-state index contributed by atoms with van der Waals surface area (Å²) in [5.41, 5.74) is 1.90. The SMILES string of the molecule is C=CCN1C(=O)[C@H](Cc2ccccc2)S/C1=N\N=C/c1ccccc1Cl. The minimum absolute atomic E-state index is 0.0328. The van der Waals surface area contributed by atoms with Gasteiger partial charge in [0.05, 0.1) is 11.5 Å². The van der Waals surface area contributed by atoms with Gasteiger partial charge < -0.3 is 0 Å². The third kappa shape index (κ3) is 4.42. The lowest BCUT2D eigenvalue weighted by atomic mass is 10.1. The Morgan fingerprint density at radius 3 is 2.62 bits per heavy atom. The van der Waals surface area contributed by atoms with Crippen molar-refractivity contribution in [3.63, 3.8) is 0 Å². The van der Waals surface area contributed by atoms with E-state index in [1.165, 1.54) is 11.8 Å². The summed E-state index contributed by atoms with van der Waals surface area (Å²) in [6, 6.07) is 17.4. The maximum Gasteiger partial charge on any atom is 0.242 e. The van der Waals surface area contributed by atoms with E-state index in [-0.39, 0.29) is 11.2 Å². The van der Waals surface area contributed by atoms with Crippen LogP contribution in [0.4, 0.5) is 0 Å². The molecule has 1 aliphatic rings. The Kier molecular flexibility index (Phi) is 6.26. The molecule has 1 heterocycles. The van der Waals surface area contributed by atoms with Crippen LogP contribution in [0.3, 0.4) is 0 Å². The molecule has 0 aliphatic carbocycles. The Morgan fingerprint density at radius 1 is 1.15 bits per heavy atom. The van der Waals surface area contributed by atoms with Crippen molar-refractivity contribution in [3.8, 4) is 0 Å². The van der Waals surface area contributed by atoms with Crippen molar-refractivity contribution in [2.45, 2.75) is 11.7 Å². The third-order valence-electron chi connectivity index (χ3n) is 3.84. The van der Waals surface area contributed by atoms with Gasteiger partial charge in [0.2, 0.25) is 5.91 Å². The number of amides is 1. The van der Waals surface area contributed by atoms with Crippen molar-refractivity contribution in [1.82, 2.24) is 4.90 Å². The molecule has 1 atom stereocenters. The molecule has 2 aromatic carbocycles. The largest absolute Gasteiger partial charge is 0.285 e. The Hall–Kier alpha value is -2.37. The number of amidine groups is 1. The summed E-state index contributed by atoms with van der Waals surface area (Å²) >= 11 is 7.54. The zero-order valence-corrected chi connectivity index (χ0v) is 15.7. The average Bonchev–Trinajstić information content (AvgIpc) is 2.94. The van der Waals surface area contributed by atoms with E-state index in [0.717, 1.165) is 11.1 Å². The quantitative estimate of drug-likeness (QED) is 0.421. The molecule has 0 spiro atoms. The molecular weight excluding hydrogens is 366 g/mol. The van der Waals surface area contributed by atoms with Crippen LogP contribution in [-0.4, -0.2) is 34.0 Å². The van der Waals surface area contributed by atoms with Crippen molar-refractivity contribution in [3.05, 3.63) is 83.4 Å². The normalized spacial score (nSPS) is 18.8. The topological polar surface area (TPSA) is 45.0 Å². The summed E-state index contributed by atoms with van der Waals surface area (Å²) in [7, 11) is 0. The number of carbonyl (C=O) groups is 1. The molecule has 3 rings (SSSR count). The Labute approximate surface area is 162 Å². The lowest BCUT2D eigenvalue weighted by Gasteiger charge is -2.12. The maximum absolute atomic E-state index is 12.7. The molecule has 0 radical (unpaired) electrons. The zero-order chi connectivity index (χ0) is 18.4. The summed E-state index contributed by atoms with van der Waals surface area (Å²) in [5, 5.41) is 9.36. The Bertz CT molecular complexity index is 851. The summed E-state index contributed by atoms with van der Waals surface area (Å²) < 4.78 is 0. The number of hydrogen-bond acceptors (Lipinski definition) is 4. The predicted molar refractivity (Wildman–Crippen MR) is 110 cm³/mol. The fourth-order valence-electron chi connectivity index (χ4n) is 2.56. The highest BCUT2D eigenvalue weighted by Crippen LogP contribution is 2.30. The first-order valence-electron chi connectivity index (χ1n) is 8.17. The summed E-state index contributed by atoms with van der Waals surface area (Å²) in [4.78, 5) is 14.3. The molecule has 132 valence electrons. The van der Waals surface area contributed by atoms with Gasteiger partial charge in [0.15, 0.2) is 5.17 Å². The highest BCUT2D eigenvalue weighted by atomic mass is 35.5. The van der Waals surface area contributed by atoms with Crippen molar-refractivity contribution in [2.75, 3.05) is 6.54 Å². The molecule has 0 N–H and O–H groups in total. The molecule has 6 heteroatoms. The molecular formula is C20H18ClN3OS. The minimum atomic E-state index is -0.202. The van der Waals surface area contributed by atoms with Gasteiger partial charge in [-0.2, -0.15) is 5.10 Å². The van der Waals surface area contributed by atoms with Crippen LogP contribution in [0.15, 0.2) is 77.5 Å². The number of thioether (sulfide) groups is 1. The standard InChI is InChI=1S/C20H18ClN3OS/c1-2-12-24-19(25)18(13-15-8-4-3-5-9-15)26-20(24)23-22-14-16-10-6-7-11-17(16)21/h2-11,14,18H,1,12-13H2/b22-14-,23-20-/t18-/m0/s1. The van der Waals surface area contributed by atoms with Crippen LogP contribution in [0.5, 0.6) is 0 Å². The molecule has 1 saturated heterocycles. The molecule has 1 fully saturated rings. The van der Waals surface area contributed by atoms with Crippen LogP contribution >= 0.6 is 23.4 Å². The lowest BCUT2D eigenvalue weighted by molar-refractivity contribution is -0.125. The smallest absolute Gasteiger partial charge is 0.242 e. The van der Waals surface area contributed by atoms with Crippen molar-refractivity contribution in [2.24, 2.45) is 10.2 Å². The van der Waals surface area contributed by atoms with Gasteiger partial charge in [0.25, 0.3) is 0 Å². The average molecular weight is 384 g/mol. The molecule has 26 heavy (non-hydrogen) atoms. The first-order chi connectivity index (χ1) is 12.7. The summed E-state index contributed by atoms with van der Waals surface area (Å²) in [6.45, 7) is 4.14. The monoisotopic (exact) mass is 383 g/mol. The number of rotatable bonds is 6. The van der Waals surface area contributed by atoms with E-state index in [9.17, 15) is 4.79 Å². The van der Waals surface area contributed by atoms with Crippen LogP contribution in [0, 0.1) is 0 Å². The Balaban J connectivity index is 1.77. The van der Waals surface area contributed by atoms with Crippen LogP contribution in [0.2, 0.25) is 5.02 Å². The zero-order valence-electron chi connectivity index (χ0n) is 14.1. The molecule has 1 aliphatic heterocycles. The van der Waals surface area contributed by atoms with Crippen molar-refractivity contribution >= 4 is 40.7 Å². The first kappa shape index (κ1) is 18.4. The van der Waals surface area contributed by atoms with Crippen LogP contribution < -0.4 is 0 Å². The van der Waals surface area contributed by atoms with Crippen LogP contribution in [0.25, 0.3) is 0 Å². The van der Waals surface area contributed by atoms with Gasteiger partial charge in [-0.05, 0) is 18.1 Å². The highest BCUT2D eigenvalue weighted by molar-refractivity contribution is 8.15. The van der Waals surface area contributed by atoms with Crippen LogP contribution in [0.1, 0.15) is 11.1 Å². The van der Waals surface area contributed by atoms with E-state index < -0.39 is 0 Å². The van der Waals surface area contributed by atoms with Gasteiger partial charge in [-0.25, -0.2) is 0 Å². The second-order valence-electron chi connectivity index (χ2n) is 5.68. The van der Waals surface area contributed by atoms with Crippen molar-refractivity contribution in [1.29, 1.82) is 0 Å². The van der Waals surface area contributed by atoms with Gasteiger partial charge in [-0.3, -0.25) is 9.69 Å². The van der Waals surface area contributed by atoms with Gasteiger partial charge in [0.1, 0.15) is 0 Å². The highest BCUT2D eigenvalue weighted by Gasteiger charge is 2.37. The van der Waals surface area contributed by atoms with Crippen LogP contribution in [-0.2, 0) is 11.2 Å². The summed E-state index contributed by atoms with van der Waals surface area (Å²) in [6.07, 6.45) is 3.94. The predicted octanol–water partition coefficient (Wildman–Crippen LogP) is 4.40. The van der Waals surface area contributed by atoms with Gasteiger partial charge in [0, 0.05) is 17.1 Å². The molecule has 0 saturated carbocycles. The van der Waals surface area contributed by atoms with E-state index in [1.807, 2.05) is 48.5 Å². The lowest BCUT2D eigenvalue weighted by Crippen LogP contribution is -2.32. The Morgan fingerprint density at radius 2 is 1.88 bits per heavy atom. The maximum atomic E-state index is 12.7. The number of carbonyl (C=O) groups excluding carboxylic acids is 1. The number of nitrogens with zero attached hydrogens (tertiary/aromatic N) is 3. The molecule has 0 unspecified atom stereocenters. The minimum Gasteiger partial charge on any atom is -0.285 e.